The van der Waals surface area contributed by atoms with Gasteiger partial charge in [-0.3, -0.25) is 0 Å². The molecule has 0 saturated carbocycles. The van der Waals surface area contributed by atoms with Gasteiger partial charge in [-0.2, -0.15) is 0 Å². The van der Waals surface area contributed by atoms with Crippen molar-refractivity contribution >= 4 is 41.6 Å². The SMILES string of the molecule is COCCOCCOc1nc(Nc2ccc3[se]c(C(=O)O)cc3c2)cc(-c2ccc(OC)nc2)n1. The van der Waals surface area contributed by atoms with Crippen LogP contribution in [0.5, 0.6) is 11.9 Å². The number of anilines is 2. The molecule has 35 heavy (non-hydrogen) atoms. The fraction of sp³-hybridized carbons (Fsp3) is 0.250. The first-order chi connectivity index (χ1) is 17.1. The van der Waals surface area contributed by atoms with Crippen molar-refractivity contribution in [3.05, 3.63) is 53.1 Å². The third kappa shape index (κ3) is 6.55. The van der Waals surface area contributed by atoms with Gasteiger partial charge in [0.15, 0.2) is 0 Å². The van der Waals surface area contributed by atoms with Crippen LogP contribution in [0.2, 0.25) is 0 Å². The molecule has 0 aliphatic heterocycles. The summed E-state index contributed by atoms with van der Waals surface area (Å²) in [5.41, 5.74) is 2.16. The van der Waals surface area contributed by atoms with Crippen molar-refractivity contribution in [2.24, 2.45) is 0 Å². The zero-order valence-electron chi connectivity index (χ0n) is 19.2. The van der Waals surface area contributed by atoms with E-state index >= 15 is 0 Å². The number of carbonyl (C=O) groups is 1. The van der Waals surface area contributed by atoms with Gasteiger partial charge >= 0.3 is 171 Å². The summed E-state index contributed by atoms with van der Waals surface area (Å²) in [5, 5.41) is 13.5. The molecule has 4 rings (SSSR count). The van der Waals surface area contributed by atoms with Crippen molar-refractivity contribution in [3.8, 4) is 23.1 Å². The predicted octanol–water partition coefficient (Wildman–Crippen LogP) is 3.24. The minimum absolute atomic E-state index is 0.189. The number of fused-ring (bicyclic) bond motifs is 1. The van der Waals surface area contributed by atoms with Gasteiger partial charge in [-0.1, -0.05) is 0 Å². The molecule has 0 bridgehead atoms. The van der Waals surface area contributed by atoms with Gasteiger partial charge in [-0.05, 0) is 0 Å². The molecule has 0 aliphatic rings. The van der Waals surface area contributed by atoms with Gasteiger partial charge in [0, 0.05) is 7.11 Å². The second kappa shape index (κ2) is 11.8. The Bertz CT molecular complexity index is 1300. The Hall–Kier alpha value is -3.50. The van der Waals surface area contributed by atoms with Crippen molar-refractivity contribution in [1.29, 1.82) is 0 Å². The van der Waals surface area contributed by atoms with Crippen LogP contribution in [-0.2, 0) is 9.47 Å². The van der Waals surface area contributed by atoms with Crippen molar-refractivity contribution in [2.75, 3.05) is 46.0 Å². The second-order valence-corrected chi connectivity index (χ2v) is 9.53. The molecule has 2 N–H and O–H groups in total. The molecule has 0 fully saturated rings. The number of hydrogen-bond donors (Lipinski definition) is 2. The molecule has 0 aliphatic carbocycles. The molecule has 0 amide bonds. The van der Waals surface area contributed by atoms with Crippen LogP contribution in [0.3, 0.4) is 0 Å². The van der Waals surface area contributed by atoms with Crippen LogP contribution < -0.4 is 14.8 Å². The molecule has 0 spiro atoms. The maximum absolute atomic E-state index is 11.3. The van der Waals surface area contributed by atoms with Crippen LogP contribution in [0.1, 0.15) is 9.23 Å². The van der Waals surface area contributed by atoms with Gasteiger partial charge in [-0.25, -0.2) is 0 Å². The maximum atomic E-state index is 11.3. The Balaban J connectivity index is 1.57. The summed E-state index contributed by atoms with van der Waals surface area (Å²) in [7, 11) is 3.17. The first-order valence-corrected chi connectivity index (χ1v) is 12.4. The number of rotatable bonds is 12. The standard InChI is InChI=1S/C24H24N4O6Se/c1-31-7-8-33-9-10-34-24-27-18(15-3-6-22(32-2)25-14-15)13-21(28-24)26-17-4-5-19-16(11-17)12-20(35-19)23(29)30/h3-6,11-14H,7-10H2,1-2H3,(H,29,30)(H,26,27,28). The summed E-state index contributed by atoms with van der Waals surface area (Å²) in [6, 6.07) is 13.1. The number of methoxy groups -OCH3 is 2. The van der Waals surface area contributed by atoms with E-state index in [0.717, 1.165) is 20.9 Å². The van der Waals surface area contributed by atoms with Crippen LogP contribution in [0.15, 0.2) is 48.7 Å². The zero-order valence-corrected chi connectivity index (χ0v) is 20.9. The molecule has 4 aromatic rings. The Morgan fingerprint density at radius 2 is 1.89 bits per heavy atom. The quantitative estimate of drug-likeness (QED) is 0.203. The molecular weight excluding hydrogens is 519 g/mol. The van der Waals surface area contributed by atoms with Gasteiger partial charge in [0.1, 0.15) is 0 Å². The zero-order chi connectivity index (χ0) is 24.6. The van der Waals surface area contributed by atoms with Crippen molar-refractivity contribution < 1.29 is 28.8 Å². The average molecular weight is 543 g/mol. The Morgan fingerprint density at radius 3 is 2.63 bits per heavy atom. The molecule has 3 heterocycles. The topological polar surface area (TPSA) is 125 Å². The summed E-state index contributed by atoms with van der Waals surface area (Å²) in [6.07, 6.45) is 1.66. The Labute approximate surface area is 207 Å². The average Bonchev–Trinajstić information content (AvgIpc) is 3.30. The van der Waals surface area contributed by atoms with E-state index in [1.165, 1.54) is 0 Å². The van der Waals surface area contributed by atoms with Crippen LogP contribution in [0.4, 0.5) is 11.5 Å². The number of carboxylic acid groups (broad SMARTS) is 1. The van der Waals surface area contributed by atoms with Crippen molar-refractivity contribution in [3.63, 3.8) is 0 Å². The summed E-state index contributed by atoms with van der Waals surface area (Å²) in [6.45, 7) is 1.63. The summed E-state index contributed by atoms with van der Waals surface area (Å²) >= 11 is -0.199. The second-order valence-electron chi connectivity index (χ2n) is 7.26. The fourth-order valence-electron chi connectivity index (χ4n) is 3.16. The number of hydrogen-bond acceptors (Lipinski definition) is 9. The normalized spacial score (nSPS) is 10.9. The predicted molar refractivity (Wildman–Crippen MR) is 131 cm³/mol. The van der Waals surface area contributed by atoms with E-state index in [0.29, 0.717) is 41.6 Å². The number of pyridine rings is 1. The van der Waals surface area contributed by atoms with Gasteiger partial charge < -0.3 is 9.47 Å². The molecule has 0 saturated heterocycles. The molecule has 3 aromatic heterocycles. The Morgan fingerprint density at radius 1 is 1.03 bits per heavy atom. The summed E-state index contributed by atoms with van der Waals surface area (Å²) in [4.78, 5) is 24.6. The third-order valence-corrected chi connectivity index (χ3v) is 7.15. The van der Waals surface area contributed by atoms with Crippen molar-refractivity contribution in [1.82, 2.24) is 15.0 Å². The van der Waals surface area contributed by atoms with Crippen LogP contribution in [0.25, 0.3) is 20.9 Å². The van der Waals surface area contributed by atoms with Gasteiger partial charge in [-0.15, -0.1) is 0 Å². The minimum atomic E-state index is -0.878. The van der Waals surface area contributed by atoms with E-state index in [9.17, 15) is 9.90 Å². The van der Waals surface area contributed by atoms with E-state index in [2.05, 4.69) is 20.3 Å². The van der Waals surface area contributed by atoms with E-state index in [1.54, 1.807) is 38.6 Å². The number of aromatic nitrogens is 3. The van der Waals surface area contributed by atoms with E-state index < -0.39 is 5.97 Å². The third-order valence-electron chi connectivity index (χ3n) is 4.84. The number of benzene rings is 1. The first kappa shape index (κ1) is 24.6. The molecule has 10 nitrogen and oxygen atoms in total. The number of nitrogens with zero attached hydrogens (tertiary/aromatic N) is 3. The molecular formula is C24H24N4O6Se. The molecule has 0 radical (unpaired) electrons. The van der Waals surface area contributed by atoms with Gasteiger partial charge in [0.2, 0.25) is 0 Å². The molecule has 11 heteroatoms. The monoisotopic (exact) mass is 544 g/mol. The number of aromatic carboxylic acids is 1. The van der Waals surface area contributed by atoms with Gasteiger partial charge in [0.25, 0.3) is 0 Å². The molecule has 0 unspecified atom stereocenters. The van der Waals surface area contributed by atoms with Crippen LogP contribution in [0, 0.1) is 0 Å². The van der Waals surface area contributed by atoms with Crippen molar-refractivity contribution in [2.45, 2.75) is 0 Å². The van der Waals surface area contributed by atoms with E-state index in [4.69, 9.17) is 18.9 Å². The Kier molecular flexibility index (Phi) is 8.27. The number of ether oxygens (including phenoxy) is 4. The van der Waals surface area contributed by atoms with Crippen LogP contribution >= 0.6 is 0 Å². The van der Waals surface area contributed by atoms with Gasteiger partial charge in [0.05, 0.1) is 20.3 Å². The van der Waals surface area contributed by atoms with E-state index in [1.807, 2.05) is 24.3 Å². The molecule has 0 atom stereocenters. The van der Waals surface area contributed by atoms with E-state index in [-0.39, 0.29) is 27.1 Å². The van der Waals surface area contributed by atoms with Crippen LogP contribution in [-0.4, -0.2) is 81.2 Å². The summed E-state index contributed by atoms with van der Waals surface area (Å²) in [5.74, 6) is 0.142. The number of carboxylic acids is 1. The first-order valence-electron chi connectivity index (χ1n) is 10.7. The molecule has 182 valence electrons. The number of nitrogens with one attached hydrogen (secondary N) is 1. The molecule has 1 aromatic carbocycles. The summed E-state index contributed by atoms with van der Waals surface area (Å²) < 4.78 is 22.7. The fourth-order valence-corrected chi connectivity index (χ4v) is 5.02.